The van der Waals surface area contributed by atoms with Crippen LogP contribution in [0, 0.1) is 0 Å². The minimum Gasteiger partial charge on any atom is -0.497 e. The second-order valence-corrected chi connectivity index (χ2v) is 3.55. The maximum absolute atomic E-state index is 5.13. The van der Waals surface area contributed by atoms with Gasteiger partial charge < -0.3 is 4.74 Å². The summed E-state index contributed by atoms with van der Waals surface area (Å²) in [6, 6.07) is 0. The van der Waals surface area contributed by atoms with Gasteiger partial charge in [-0.15, -0.1) is 0 Å². The van der Waals surface area contributed by atoms with Crippen molar-refractivity contribution >= 4 is 0 Å². The van der Waals surface area contributed by atoms with E-state index < -0.39 is 0 Å². The van der Waals surface area contributed by atoms with E-state index in [-0.39, 0.29) is 0 Å². The van der Waals surface area contributed by atoms with Crippen LogP contribution in [0.15, 0.2) is 25.0 Å². The first-order valence-electron chi connectivity index (χ1n) is 5.79. The van der Waals surface area contributed by atoms with E-state index in [1.165, 1.54) is 38.5 Å². The van der Waals surface area contributed by atoms with Crippen LogP contribution in [0.1, 0.15) is 51.9 Å². The van der Waals surface area contributed by atoms with E-state index in [1.807, 2.05) is 0 Å². The van der Waals surface area contributed by atoms with Crippen LogP contribution in [0.25, 0.3) is 0 Å². The van der Waals surface area contributed by atoms with Gasteiger partial charge in [-0.05, 0) is 18.9 Å². The van der Waals surface area contributed by atoms with Gasteiger partial charge in [0.2, 0.25) is 0 Å². The van der Waals surface area contributed by atoms with Gasteiger partial charge in [0.05, 0.1) is 6.26 Å². The molecule has 0 saturated carbocycles. The molecule has 0 aliphatic carbocycles. The highest BCUT2D eigenvalue weighted by Crippen LogP contribution is 2.06. The first kappa shape index (κ1) is 13.3. The maximum Gasteiger partial charge on any atom is 0.105 e. The standard InChI is InChI=1S/C13H24O/c1-3-5-6-7-8-9-10-11-13-14-12-4-2/h4,11,13H,2-3,5-10,12H2,1H3. The van der Waals surface area contributed by atoms with Crippen molar-refractivity contribution in [3.63, 3.8) is 0 Å². The van der Waals surface area contributed by atoms with Crippen molar-refractivity contribution in [1.29, 1.82) is 0 Å². The van der Waals surface area contributed by atoms with Crippen molar-refractivity contribution in [2.24, 2.45) is 0 Å². The summed E-state index contributed by atoms with van der Waals surface area (Å²) in [5.41, 5.74) is 0. The van der Waals surface area contributed by atoms with Crippen LogP contribution >= 0.6 is 0 Å². The van der Waals surface area contributed by atoms with Crippen LogP contribution in [-0.2, 0) is 4.74 Å². The zero-order valence-corrected chi connectivity index (χ0v) is 9.50. The third kappa shape index (κ3) is 11.3. The maximum atomic E-state index is 5.13. The van der Waals surface area contributed by atoms with E-state index in [2.05, 4.69) is 19.6 Å². The lowest BCUT2D eigenvalue weighted by Crippen LogP contribution is -1.80. The Hall–Kier alpha value is -0.720. The lowest BCUT2D eigenvalue weighted by Gasteiger charge is -1.97. The third-order valence-electron chi connectivity index (χ3n) is 2.13. The molecule has 0 spiro atoms. The highest BCUT2D eigenvalue weighted by molar-refractivity contribution is 4.75. The van der Waals surface area contributed by atoms with E-state index in [4.69, 9.17) is 4.74 Å². The Bertz CT molecular complexity index is 138. The molecule has 0 aromatic heterocycles. The molecule has 0 unspecified atom stereocenters. The summed E-state index contributed by atoms with van der Waals surface area (Å²) in [6.45, 7) is 6.45. The van der Waals surface area contributed by atoms with E-state index in [0.29, 0.717) is 6.61 Å². The quantitative estimate of drug-likeness (QED) is 0.285. The second-order valence-electron chi connectivity index (χ2n) is 3.55. The van der Waals surface area contributed by atoms with E-state index in [1.54, 1.807) is 12.3 Å². The minimum absolute atomic E-state index is 0.618. The summed E-state index contributed by atoms with van der Waals surface area (Å²) >= 11 is 0. The number of hydrogen-bond acceptors (Lipinski definition) is 1. The van der Waals surface area contributed by atoms with Crippen molar-refractivity contribution in [3.05, 3.63) is 25.0 Å². The molecule has 0 aliphatic rings. The van der Waals surface area contributed by atoms with E-state index >= 15 is 0 Å². The SMILES string of the molecule is C=CCOC=CCCCCCCCC. The molecule has 0 aliphatic heterocycles. The molecule has 0 fully saturated rings. The van der Waals surface area contributed by atoms with Crippen molar-refractivity contribution in [3.8, 4) is 0 Å². The molecule has 0 radical (unpaired) electrons. The highest BCUT2D eigenvalue weighted by Gasteiger charge is 1.87. The largest absolute Gasteiger partial charge is 0.497 e. The zero-order chi connectivity index (χ0) is 10.5. The van der Waals surface area contributed by atoms with Gasteiger partial charge in [-0.3, -0.25) is 0 Å². The third-order valence-corrected chi connectivity index (χ3v) is 2.13. The van der Waals surface area contributed by atoms with Crippen LogP contribution < -0.4 is 0 Å². The molecule has 82 valence electrons. The normalized spacial score (nSPS) is 10.6. The molecule has 14 heavy (non-hydrogen) atoms. The molecule has 0 saturated heterocycles. The predicted molar refractivity (Wildman–Crippen MR) is 63.3 cm³/mol. The molecule has 0 aromatic rings. The fourth-order valence-electron chi connectivity index (χ4n) is 1.30. The average molecular weight is 196 g/mol. The molecule has 0 heterocycles. The number of rotatable bonds is 10. The van der Waals surface area contributed by atoms with Crippen LogP contribution in [0.5, 0.6) is 0 Å². The van der Waals surface area contributed by atoms with Crippen molar-refractivity contribution < 1.29 is 4.74 Å². The fourth-order valence-corrected chi connectivity index (χ4v) is 1.30. The lowest BCUT2D eigenvalue weighted by atomic mass is 10.1. The van der Waals surface area contributed by atoms with Crippen LogP contribution in [0.2, 0.25) is 0 Å². The Balaban J connectivity index is 2.97. The Kier molecular flexibility index (Phi) is 11.6. The van der Waals surface area contributed by atoms with Gasteiger partial charge in [-0.2, -0.15) is 0 Å². The number of ether oxygens (including phenoxy) is 1. The Morgan fingerprint density at radius 1 is 1.07 bits per heavy atom. The highest BCUT2D eigenvalue weighted by atomic mass is 16.5. The van der Waals surface area contributed by atoms with Gasteiger partial charge in [0.25, 0.3) is 0 Å². The molecule has 1 nitrogen and oxygen atoms in total. The summed E-state index contributed by atoms with van der Waals surface area (Å²) in [4.78, 5) is 0. The van der Waals surface area contributed by atoms with Crippen molar-refractivity contribution in [2.45, 2.75) is 51.9 Å². The topological polar surface area (TPSA) is 9.23 Å². The molecule has 0 N–H and O–H groups in total. The lowest BCUT2D eigenvalue weighted by molar-refractivity contribution is 0.288. The summed E-state index contributed by atoms with van der Waals surface area (Å²) < 4.78 is 5.13. The van der Waals surface area contributed by atoms with Gasteiger partial charge in [-0.1, -0.05) is 51.7 Å². The van der Waals surface area contributed by atoms with Gasteiger partial charge in [0.1, 0.15) is 6.61 Å². The van der Waals surface area contributed by atoms with Gasteiger partial charge in [0, 0.05) is 0 Å². The van der Waals surface area contributed by atoms with Crippen molar-refractivity contribution in [1.82, 2.24) is 0 Å². The number of unbranched alkanes of at least 4 members (excludes halogenated alkanes) is 6. The predicted octanol–water partition coefficient (Wildman–Crippen LogP) is 4.45. The van der Waals surface area contributed by atoms with Gasteiger partial charge in [-0.25, -0.2) is 0 Å². The van der Waals surface area contributed by atoms with Gasteiger partial charge in [0.15, 0.2) is 0 Å². The van der Waals surface area contributed by atoms with Gasteiger partial charge >= 0.3 is 0 Å². The fraction of sp³-hybridized carbons (Fsp3) is 0.692. The molecule has 0 rings (SSSR count). The van der Waals surface area contributed by atoms with E-state index in [0.717, 1.165) is 6.42 Å². The molecular weight excluding hydrogens is 172 g/mol. The monoisotopic (exact) mass is 196 g/mol. The molecule has 0 atom stereocenters. The molecule has 1 heteroatoms. The first-order valence-corrected chi connectivity index (χ1v) is 5.79. The summed E-state index contributed by atoms with van der Waals surface area (Å²) in [5, 5.41) is 0. The molecule has 0 aromatic carbocycles. The van der Waals surface area contributed by atoms with Crippen LogP contribution in [-0.4, -0.2) is 6.61 Å². The van der Waals surface area contributed by atoms with Crippen LogP contribution in [0.3, 0.4) is 0 Å². The molecule has 0 bridgehead atoms. The molecular formula is C13H24O. The van der Waals surface area contributed by atoms with Crippen molar-refractivity contribution in [2.75, 3.05) is 6.61 Å². The Morgan fingerprint density at radius 2 is 1.79 bits per heavy atom. The second kappa shape index (κ2) is 12.3. The Morgan fingerprint density at radius 3 is 2.50 bits per heavy atom. The zero-order valence-electron chi connectivity index (χ0n) is 9.50. The average Bonchev–Trinajstić information content (AvgIpc) is 2.21. The number of allylic oxidation sites excluding steroid dienone is 1. The smallest absolute Gasteiger partial charge is 0.105 e. The summed E-state index contributed by atoms with van der Waals surface area (Å²) in [6.07, 6.45) is 14.9. The first-order chi connectivity index (χ1) is 6.91. The summed E-state index contributed by atoms with van der Waals surface area (Å²) in [5.74, 6) is 0. The van der Waals surface area contributed by atoms with Crippen LogP contribution in [0.4, 0.5) is 0 Å². The minimum atomic E-state index is 0.618. The van der Waals surface area contributed by atoms with E-state index in [9.17, 15) is 0 Å². The Labute approximate surface area is 88.9 Å². The molecule has 0 amide bonds. The number of hydrogen-bond donors (Lipinski definition) is 0. The summed E-state index contributed by atoms with van der Waals surface area (Å²) in [7, 11) is 0.